The van der Waals surface area contributed by atoms with Gasteiger partial charge in [-0.25, -0.2) is 4.39 Å². The Morgan fingerprint density at radius 3 is 2.25 bits per heavy atom. The van der Waals surface area contributed by atoms with Crippen LogP contribution in [0.3, 0.4) is 0 Å². The van der Waals surface area contributed by atoms with E-state index in [1.807, 2.05) is 0 Å². The molecule has 0 spiro atoms. The second kappa shape index (κ2) is 5.53. The molecule has 0 aliphatic heterocycles. The van der Waals surface area contributed by atoms with E-state index in [9.17, 15) is 17.6 Å². The van der Waals surface area contributed by atoms with Gasteiger partial charge in [-0.3, -0.25) is 0 Å². The third-order valence-corrected chi connectivity index (χ3v) is 2.76. The highest BCUT2D eigenvalue weighted by Crippen LogP contribution is 2.29. The van der Waals surface area contributed by atoms with Crippen molar-refractivity contribution in [2.75, 3.05) is 0 Å². The minimum Gasteiger partial charge on any atom is -0.486 e. The maximum atomic E-state index is 13.4. The summed E-state index contributed by atoms with van der Waals surface area (Å²) >= 11 is 0. The van der Waals surface area contributed by atoms with Crippen LogP contribution < -0.4 is 4.74 Å². The highest BCUT2D eigenvalue weighted by atomic mass is 19.4. The van der Waals surface area contributed by atoms with E-state index >= 15 is 0 Å². The molecule has 0 aliphatic carbocycles. The van der Waals surface area contributed by atoms with Gasteiger partial charge in [0.15, 0.2) is 11.6 Å². The van der Waals surface area contributed by atoms with Crippen LogP contribution in [0, 0.1) is 12.7 Å². The number of hydrogen-bond acceptors (Lipinski definition) is 1. The molecule has 0 atom stereocenters. The summed E-state index contributed by atoms with van der Waals surface area (Å²) in [6, 6.07) is 9.03. The fraction of sp³-hybridized carbons (Fsp3) is 0.200. The fourth-order valence-electron chi connectivity index (χ4n) is 1.67. The molecule has 0 saturated heterocycles. The van der Waals surface area contributed by atoms with Gasteiger partial charge in [-0.1, -0.05) is 18.2 Å². The van der Waals surface area contributed by atoms with Gasteiger partial charge in [-0.05, 0) is 42.3 Å². The van der Waals surface area contributed by atoms with Gasteiger partial charge in [0.25, 0.3) is 0 Å². The van der Waals surface area contributed by atoms with Crippen molar-refractivity contribution < 1.29 is 22.3 Å². The van der Waals surface area contributed by atoms with Gasteiger partial charge in [0.05, 0.1) is 5.56 Å². The molecule has 0 saturated carbocycles. The lowest BCUT2D eigenvalue weighted by Crippen LogP contribution is -2.05. The number of benzene rings is 2. The van der Waals surface area contributed by atoms with Gasteiger partial charge in [0.1, 0.15) is 6.61 Å². The molecule has 2 aromatic carbocycles. The van der Waals surface area contributed by atoms with Gasteiger partial charge >= 0.3 is 6.18 Å². The van der Waals surface area contributed by atoms with Crippen molar-refractivity contribution in [3.8, 4) is 5.75 Å². The van der Waals surface area contributed by atoms with E-state index in [4.69, 9.17) is 4.74 Å². The van der Waals surface area contributed by atoms with E-state index in [-0.39, 0.29) is 12.4 Å². The van der Waals surface area contributed by atoms with Crippen LogP contribution in [0.4, 0.5) is 17.6 Å². The summed E-state index contributed by atoms with van der Waals surface area (Å²) in [6.45, 7) is 1.81. The zero-order chi connectivity index (χ0) is 14.8. The minimum atomic E-state index is -4.36. The van der Waals surface area contributed by atoms with Gasteiger partial charge in [0.2, 0.25) is 0 Å². The standard InChI is InChI=1S/C15H12F4O/c1-10-2-7-13(16)14(8-10)20-9-11-3-5-12(6-4-11)15(17,18)19/h2-8H,9H2,1H3. The highest BCUT2D eigenvalue weighted by Gasteiger charge is 2.29. The predicted molar refractivity (Wildman–Crippen MR) is 66.9 cm³/mol. The first-order valence-corrected chi connectivity index (χ1v) is 5.91. The molecule has 0 heterocycles. The average Bonchev–Trinajstić information content (AvgIpc) is 2.39. The molecule has 1 nitrogen and oxygen atoms in total. The van der Waals surface area contributed by atoms with Crippen molar-refractivity contribution in [3.05, 3.63) is 65.0 Å². The summed E-state index contributed by atoms with van der Waals surface area (Å²) in [4.78, 5) is 0. The van der Waals surface area contributed by atoms with Crippen molar-refractivity contribution in [1.29, 1.82) is 0 Å². The molecule has 2 rings (SSSR count). The molecule has 0 aliphatic rings. The molecule has 0 aromatic heterocycles. The van der Waals surface area contributed by atoms with Gasteiger partial charge in [0, 0.05) is 0 Å². The summed E-state index contributed by atoms with van der Waals surface area (Å²) in [6.07, 6.45) is -4.36. The summed E-state index contributed by atoms with van der Waals surface area (Å²) in [5.74, 6) is -0.410. The zero-order valence-electron chi connectivity index (χ0n) is 10.7. The monoisotopic (exact) mass is 284 g/mol. The topological polar surface area (TPSA) is 9.23 Å². The number of halogens is 4. The van der Waals surface area contributed by atoms with Crippen LogP contribution in [0.25, 0.3) is 0 Å². The van der Waals surface area contributed by atoms with Crippen LogP contribution in [0.5, 0.6) is 5.75 Å². The number of rotatable bonds is 3. The second-order valence-electron chi connectivity index (χ2n) is 4.42. The van der Waals surface area contributed by atoms with E-state index in [1.54, 1.807) is 19.1 Å². The Kier molecular flexibility index (Phi) is 3.97. The van der Waals surface area contributed by atoms with Crippen molar-refractivity contribution in [3.63, 3.8) is 0 Å². The Morgan fingerprint density at radius 1 is 1.00 bits per heavy atom. The number of aryl methyl sites for hydroxylation is 1. The minimum absolute atomic E-state index is 0.0124. The van der Waals surface area contributed by atoms with E-state index in [0.717, 1.165) is 17.7 Å². The number of hydrogen-bond donors (Lipinski definition) is 0. The Bertz CT molecular complexity index is 588. The molecule has 0 unspecified atom stereocenters. The molecule has 2 aromatic rings. The molecular weight excluding hydrogens is 272 g/mol. The van der Waals surface area contributed by atoms with Crippen molar-refractivity contribution in [2.45, 2.75) is 19.7 Å². The lowest BCUT2D eigenvalue weighted by atomic mass is 10.1. The van der Waals surface area contributed by atoms with Crippen molar-refractivity contribution in [1.82, 2.24) is 0 Å². The first-order valence-electron chi connectivity index (χ1n) is 5.91. The number of alkyl halides is 3. The fourth-order valence-corrected chi connectivity index (χ4v) is 1.67. The number of ether oxygens (including phenoxy) is 1. The van der Waals surface area contributed by atoms with Crippen molar-refractivity contribution in [2.24, 2.45) is 0 Å². The normalized spacial score (nSPS) is 11.4. The molecular formula is C15H12F4O. The Balaban J connectivity index is 2.06. The van der Waals surface area contributed by atoms with Gasteiger partial charge in [-0.2, -0.15) is 13.2 Å². The largest absolute Gasteiger partial charge is 0.486 e. The molecule has 5 heteroatoms. The van der Waals surface area contributed by atoms with E-state index in [1.165, 1.54) is 18.2 Å². The van der Waals surface area contributed by atoms with Gasteiger partial charge < -0.3 is 4.74 Å². The quantitative estimate of drug-likeness (QED) is 0.740. The van der Waals surface area contributed by atoms with Gasteiger partial charge in [-0.15, -0.1) is 0 Å². The van der Waals surface area contributed by atoms with E-state index < -0.39 is 17.6 Å². The van der Waals surface area contributed by atoms with Crippen LogP contribution in [0.15, 0.2) is 42.5 Å². The summed E-state index contributed by atoms with van der Waals surface area (Å²) in [5.41, 5.74) is 0.663. The smallest absolute Gasteiger partial charge is 0.416 e. The SMILES string of the molecule is Cc1ccc(F)c(OCc2ccc(C(F)(F)F)cc2)c1. The molecule has 0 fully saturated rings. The third kappa shape index (κ3) is 3.50. The predicted octanol–water partition coefficient (Wildman–Crippen LogP) is 4.73. The summed E-state index contributed by atoms with van der Waals surface area (Å²) < 4.78 is 55.9. The zero-order valence-corrected chi connectivity index (χ0v) is 10.7. The Morgan fingerprint density at radius 2 is 1.65 bits per heavy atom. The Labute approximate surface area is 113 Å². The third-order valence-electron chi connectivity index (χ3n) is 2.76. The maximum absolute atomic E-state index is 13.4. The van der Waals surface area contributed by atoms with Crippen LogP contribution in [-0.4, -0.2) is 0 Å². The first kappa shape index (κ1) is 14.4. The molecule has 0 N–H and O–H groups in total. The van der Waals surface area contributed by atoms with Crippen LogP contribution in [0.2, 0.25) is 0 Å². The second-order valence-corrected chi connectivity index (χ2v) is 4.42. The summed E-state index contributed by atoms with van der Waals surface area (Å²) in [5, 5.41) is 0. The molecule has 0 bridgehead atoms. The molecule has 106 valence electrons. The lowest BCUT2D eigenvalue weighted by Gasteiger charge is -2.10. The molecule has 0 amide bonds. The molecule has 0 radical (unpaired) electrons. The first-order chi connectivity index (χ1) is 9.36. The van der Waals surface area contributed by atoms with Crippen LogP contribution in [-0.2, 0) is 12.8 Å². The van der Waals surface area contributed by atoms with E-state index in [2.05, 4.69) is 0 Å². The van der Waals surface area contributed by atoms with Crippen LogP contribution in [0.1, 0.15) is 16.7 Å². The molecule has 20 heavy (non-hydrogen) atoms. The lowest BCUT2D eigenvalue weighted by molar-refractivity contribution is -0.137. The highest BCUT2D eigenvalue weighted by molar-refractivity contribution is 5.30. The summed E-state index contributed by atoms with van der Waals surface area (Å²) in [7, 11) is 0. The maximum Gasteiger partial charge on any atom is 0.416 e. The Hall–Kier alpha value is -2.04. The van der Waals surface area contributed by atoms with Crippen LogP contribution >= 0.6 is 0 Å². The van der Waals surface area contributed by atoms with E-state index in [0.29, 0.717) is 5.56 Å². The van der Waals surface area contributed by atoms with Crippen molar-refractivity contribution >= 4 is 0 Å². The average molecular weight is 284 g/mol.